The molecule has 0 atom stereocenters. The van der Waals surface area contributed by atoms with Gasteiger partial charge in [-0.15, -0.1) is 0 Å². The van der Waals surface area contributed by atoms with Crippen molar-refractivity contribution in [2.75, 3.05) is 30.1 Å². The summed E-state index contributed by atoms with van der Waals surface area (Å²) in [5, 5.41) is 6.33. The van der Waals surface area contributed by atoms with Crippen molar-refractivity contribution >= 4 is 34.7 Å². The second kappa shape index (κ2) is 8.92. The predicted molar refractivity (Wildman–Crippen MR) is 113 cm³/mol. The van der Waals surface area contributed by atoms with Crippen molar-refractivity contribution in [1.29, 1.82) is 0 Å². The zero-order valence-corrected chi connectivity index (χ0v) is 16.5. The fourth-order valence-electron chi connectivity index (χ4n) is 2.68. The maximum atomic E-state index is 11.8. The normalized spacial score (nSPS) is 10.3. The largest absolute Gasteiger partial charge is 0.495 e. The van der Waals surface area contributed by atoms with Crippen LogP contribution in [0.25, 0.3) is 0 Å². The molecule has 0 fully saturated rings. The summed E-state index contributed by atoms with van der Waals surface area (Å²) in [7, 11) is 1.60. The molecule has 150 valence electrons. The summed E-state index contributed by atoms with van der Waals surface area (Å²) in [5.41, 5.74) is 9.64. The smallest absolute Gasteiger partial charge is 0.338 e. The van der Waals surface area contributed by atoms with Gasteiger partial charge in [-0.25, -0.2) is 14.8 Å². The van der Waals surface area contributed by atoms with Crippen molar-refractivity contribution < 1.29 is 14.3 Å². The molecule has 1 heterocycles. The van der Waals surface area contributed by atoms with Gasteiger partial charge in [0.25, 0.3) is 0 Å². The molecule has 4 N–H and O–H groups in total. The monoisotopic (exact) mass is 393 g/mol. The van der Waals surface area contributed by atoms with Crippen LogP contribution in [0.2, 0.25) is 0 Å². The highest BCUT2D eigenvalue weighted by molar-refractivity contribution is 5.90. The minimum absolute atomic E-state index is 0.331. The molecule has 0 aliphatic carbocycles. The first-order chi connectivity index (χ1) is 14.0. The number of methoxy groups -OCH3 is 1. The lowest BCUT2D eigenvalue weighted by Gasteiger charge is -2.15. The van der Waals surface area contributed by atoms with E-state index in [1.807, 2.05) is 25.1 Å². The number of nitrogens with one attached hydrogen (secondary N) is 2. The number of anilines is 5. The maximum Gasteiger partial charge on any atom is 0.338 e. The number of carbonyl (C=O) groups is 1. The van der Waals surface area contributed by atoms with Gasteiger partial charge in [-0.1, -0.05) is 6.07 Å². The summed E-state index contributed by atoms with van der Waals surface area (Å²) in [5.74, 6) is 1.21. The Hall–Kier alpha value is -3.81. The van der Waals surface area contributed by atoms with Crippen LogP contribution in [0.15, 0.2) is 48.8 Å². The Labute approximate surface area is 169 Å². The molecule has 3 rings (SSSR count). The second-order valence-corrected chi connectivity index (χ2v) is 6.24. The van der Waals surface area contributed by atoms with Crippen LogP contribution in [0, 0.1) is 6.92 Å². The van der Waals surface area contributed by atoms with Crippen LogP contribution in [0.3, 0.4) is 0 Å². The number of nitrogens with two attached hydrogens (primary N) is 1. The fourth-order valence-corrected chi connectivity index (χ4v) is 2.68. The first kappa shape index (κ1) is 19.9. The van der Waals surface area contributed by atoms with Crippen molar-refractivity contribution in [2.45, 2.75) is 13.8 Å². The lowest BCUT2D eigenvalue weighted by atomic mass is 10.2. The van der Waals surface area contributed by atoms with Gasteiger partial charge in [0.2, 0.25) is 0 Å². The van der Waals surface area contributed by atoms with Crippen molar-refractivity contribution in [3.05, 3.63) is 59.9 Å². The Morgan fingerprint density at radius 3 is 2.41 bits per heavy atom. The van der Waals surface area contributed by atoms with E-state index in [1.54, 1.807) is 38.3 Å². The van der Waals surface area contributed by atoms with Gasteiger partial charge in [0.1, 0.15) is 17.8 Å². The molecule has 3 aromatic rings. The van der Waals surface area contributed by atoms with E-state index in [0.29, 0.717) is 35.2 Å². The third-order valence-corrected chi connectivity index (χ3v) is 4.15. The van der Waals surface area contributed by atoms with Gasteiger partial charge in [-0.3, -0.25) is 0 Å². The van der Waals surface area contributed by atoms with E-state index in [1.165, 1.54) is 6.33 Å². The van der Waals surface area contributed by atoms with E-state index >= 15 is 0 Å². The molecule has 0 radical (unpaired) electrons. The van der Waals surface area contributed by atoms with Crippen LogP contribution >= 0.6 is 0 Å². The zero-order chi connectivity index (χ0) is 20.8. The molecular weight excluding hydrogens is 370 g/mol. The van der Waals surface area contributed by atoms with Gasteiger partial charge in [0.05, 0.1) is 25.0 Å². The molecule has 8 heteroatoms. The molecule has 0 bridgehead atoms. The second-order valence-electron chi connectivity index (χ2n) is 6.24. The summed E-state index contributed by atoms with van der Waals surface area (Å²) in [6, 6.07) is 12.6. The molecule has 2 aromatic carbocycles. The summed E-state index contributed by atoms with van der Waals surface area (Å²) < 4.78 is 10.4. The molecule has 0 aliphatic heterocycles. The molecule has 0 spiro atoms. The molecule has 0 aliphatic rings. The standard InChI is InChI=1S/C21H23N5O3/c1-4-29-21(27)14-6-8-15(9-7-14)25-19-18(22)20(24-12-23-19)26-16-11-13(2)5-10-17(16)28-3/h5-12H,4,22H2,1-3H3,(H2,23,24,25,26). The van der Waals surface area contributed by atoms with Crippen molar-refractivity contribution in [3.63, 3.8) is 0 Å². The third kappa shape index (κ3) is 4.73. The zero-order valence-electron chi connectivity index (χ0n) is 16.5. The van der Waals surface area contributed by atoms with Crippen LogP contribution in [-0.4, -0.2) is 29.7 Å². The van der Waals surface area contributed by atoms with E-state index < -0.39 is 0 Å². The predicted octanol–water partition coefficient (Wildman–Crippen LogP) is 4.04. The Balaban J connectivity index is 1.80. The molecule has 8 nitrogen and oxygen atoms in total. The minimum atomic E-state index is -0.362. The summed E-state index contributed by atoms with van der Waals surface area (Å²) in [6.45, 7) is 4.09. The Bertz CT molecular complexity index is 1010. The van der Waals surface area contributed by atoms with Crippen LogP contribution < -0.4 is 21.1 Å². The number of carbonyl (C=O) groups excluding carboxylic acids is 1. The molecule has 1 aromatic heterocycles. The number of ether oxygens (including phenoxy) is 2. The minimum Gasteiger partial charge on any atom is -0.495 e. The number of esters is 1. The number of hydrogen-bond donors (Lipinski definition) is 3. The number of nitrogens with zero attached hydrogens (tertiary/aromatic N) is 2. The maximum absolute atomic E-state index is 11.8. The number of nitrogen functional groups attached to an aromatic ring is 1. The van der Waals surface area contributed by atoms with Gasteiger partial charge in [0.15, 0.2) is 11.6 Å². The number of aromatic nitrogens is 2. The Morgan fingerprint density at radius 1 is 1.07 bits per heavy atom. The van der Waals surface area contributed by atoms with E-state index in [9.17, 15) is 4.79 Å². The van der Waals surface area contributed by atoms with Crippen LogP contribution in [0.5, 0.6) is 5.75 Å². The molecule has 0 amide bonds. The van der Waals surface area contributed by atoms with Crippen molar-refractivity contribution in [1.82, 2.24) is 9.97 Å². The average molecular weight is 393 g/mol. The van der Waals surface area contributed by atoms with E-state index in [0.717, 1.165) is 16.9 Å². The van der Waals surface area contributed by atoms with Crippen molar-refractivity contribution in [2.24, 2.45) is 0 Å². The summed E-state index contributed by atoms with van der Waals surface area (Å²) >= 11 is 0. The van der Waals surface area contributed by atoms with E-state index in [2.05, 4.69) is 20.6 Å². The van der Waals surface area contributed by atoms with Gasteiger partial charge in [-0.2, -0.15) is 0 Å². The lowest BCUT2D eigenvalue weighted by molar-refractivity contribution is 0.0526. The summed E-state index contributed by atoms with van der Waals surface area (Å²) in [6.07, 6.45) is 1.41. The van der Waals surface area contributed by atoms with Gasteiger partial charge >= 0.3 is 5.97 Å². The van der Waals surface area contributed by atoms with Crippen LogP contribution in [-0.2, 0) is 4.74 Å². The molecule has 0 unspecified atom stereocenters. The first-order valence-corrected chi connectivity index (χ1v) is 9.08. The highest BCUT2D eigenvalue weighted by Crippen LogP contribution is 2.32. The van der Waals surface area contributed by atoms with E-state index in [4.69, 9.17) is 15.2 Å². The highest BCUT2D eigenvalue weighted by Gasteiger charge is 2.12. The molecular formula is C21H23N5O3. The number of hydrogen-bond acceptors (Lipinski definition) is 8. The van der Waals surface area contributed by atoms with Crippen LogP contribution in [0.4, 0.5) is 28.7 Å². The van der Waals surface area contributed by atoms with Crippen molar-refractivity contribution in [3.8, 4) is 5.75 Å². The SMILES string of the molecule is CCOC(=O)c1ccc(Nc2ncnc(Nc3cc(C)ccc3OC)c2N)cc1. The topological polar surface area (TPSA) is 111 Å². The number of rotatable bonds is 7. The quantitative estimate of drug-likeness (QED) is 0.516. The Morgan fingerprint density at radius 2 is 1.76 bits per heavy atom. The molecule has 29 heavy (non-hydrogen) atoms. The summed E-state index contributed by atoms with van der Waals surface area (Å²) in [4.78, 5) is 20.2. The fraction of sp³-hybridized carbons (Fsp3) is 0.190. The average Bonchev–Trinajstić information content (AvgIpc) is 2.72. The van der Waals surface area contributed by atoms with E-state index in [-0.39, 0.29) is 5.97 Å². The van der Waals surface area contributed by atoms with Crippen LogP contribution in [0.1, 0.15) is 22.8 Å². The molecule has 0 saturated carbocycles. The third-order valence-electron chi connectivity index (χ3n) is 4.15. The van der Waals surface area contributed by atoms with Gasteiger partial charge in [-0.05, 0) is 55.8 Å². The van der Waals surface area contributed by atoms with Gasteiger partial charge < -0.3 is 25.8 Å². The number of aryl methyl sites for hydroxylation is 1. The lowest BCUT2D eigenvalue weighted by Crippen LogP contribution is -2.06. The van der Waals surface area contributed by atoms with Gasteiger partial charge in [0, 0.05) is 5.69 Å². The Kier molecular flexibility index (Phi) is 6.13. The highest BCUT2D eigenvalue weighted by atomic mass is 16.5. The number of benzene rings is 2. The first-order valence-electron chi connectivity index (χ1n) is 9.08. The molecule has 0 saturated heterocycles.